The molecule has 0 radical (unpaired) electrons. The van der Waals surface area contributed by atoms with Gasteiger partial charge in [-0.05, 0) is 62.2 Å². The molecule has 158 valence electrons. The van der Waals surface area contributed by atoms with Gasteiger partial charge in [0.25, 0.3) is 5.91 Å². The standard InChI is InChI=1S/C22H25BrN4O2S/c1-3-27-21(29)18(24-22(27)30)10-15-12-26(19-5-4-16(23)11-17(15)19)13-20(28)25-8-6-14(2)7-9-25/h4-5,10-12,14H,3,6-9,13H2,1-2H3,(H,24,30)/b18-10-. The zero-order valence-electron chi connectivity index (χ0n) is 17.2. The van der Waals surface area contributed by atoms with Gasteiger partial charge in [-0.15, -0.1) is 0 Å². The fourth-order valence-electron chi connectivity index (χ4n) is 4.06. The van der Waals surface area contributed by atoms with Crippen LogP contribution in [0.15, 0.2) is 34.6 Å². The van der Waals surface area contributed by atoms with Gasteiger partial charge >= 0.3 is 0 Å². The average molecular weight is 489 g/mol. The highest BCUT2D eigenvalue weighted by molar-refractivity contribution is 9.10. The summed E-state index contributed by atoms with van der Waals surface area (Å²) >= 11 is 8.79. The summed E-state index contributed by atoms with van der Waals surface area (Å²) in [5.74, 6) is 0.688. The number of likely N-dealkylation sites (N-methyl/N-ethyl adjacent to an activating group) is 1. The van der Waals surface area contributed by atoms with Gasteiger partial charge in [-0.2, -0.15) is 0 Å². The van der Waals surface area contributed by atoms with Gasteiger partial charge in [-0.25, -0.2) is 0 Å². The number of thiocarbonyl (C=S) groups is 1. The second-order valence-corrected chi connectivity index (χ2v) is 9.28. The minimum atomic E-state index is -0.128. The molecule has 2 aromatic rings. The Hall–Kier alpha value is -2.19. The first-order valence-corrected chi connectivity index (χ1v) is 11.5. The van der Waals surface area contributed by atoms with Crippen molar-refractivity contribution in [2.24, 2.45) is 5.92 Å². The monoisotopic (exact) mass is 488 g/mol. The van der Waals surface area contributed by atoms with Crippen molar-refractivity contribution in [1.29, 1.82) is 0 Å². The average Bonchev–Trinajstić information content (AvgIpc) is 3.18. The molecule has 0 spiro atoms. The Morgan fingerprint density at radius 3 is 2.73 bits per heavy atom. The van der Waals surface area contributed by atoms with Gasteiger partial charge in [0.05, 0.1) is 0 Å². The van der Waals surface area contributed by atoms with E-state index in [9.17, 15) is 9.59 Å². The fraction of sp³-hybridized carbons (Fsp3) is 0.409. The summed E-state index contributed by atoms with van der Waals surface area (Å²) in [6, 6.07) is 5.98. The number of amides is 2. The van der Waals surface area contributed by atoms with Gasteiger partial charge in [0.15, 0.2) is 5.11 Å². The van der Waals surface area contributed by atoms with E-state index in [1.165, 1.54) is 4.90 Å². The molecular weight excluding hydrogens is 464 g/mol. The number of fused-ring (bicyclic) bond motifs is 1. The van der Waals surface area contributed by atoms with Crippen LogP contribution < -0.4 is 5.32 Å². The largest absolute Gasteiger partial charge is 0.341 e. The van der Waals surface area contributed by atoms with Gasteiger partial charge in [-0.1, -0.05) is 22.9 Å². The topological polar surface area (TPSA) is 57.6 Å². The molecule has 30 heavy (non-hydrogen) atoms. The molecule has 0 saturated carbocycles. The predicted octanol–water partition coefficient (Wildman–Crippen LogP) is 3.74. The number of halogens is 1. The smallest absolute Gasteiger partial charge is 0.276 e. The summed E-state index contributed by atoms with van der Waals surface area (Å²) in [6.45, 7) is 6.59. The summed E-state index contributed by atoms with van der Waals surface area (Å²) in [4.78, 5) is 29.0. The highest BCUT2D eigenvalue weighted by Crippen LogP contribution is 2.28. The zero-order valence-corrected chi connectivity index (χ0v) is 19.6. The number of rotatable bonds is 4. The van der Waals surface area contributed by atoms with E-state index < -0.39 is 0 Å². The highest BCUT2D eigenvalue weighted by Gasteiger charge is 2.29. The Bertz CT molecular complexity index is 1050. The molecule has 0 aliphatic carbocycles. The molecule has 0 unspecified atom stereocenters. The molecule has 2 amide bonds. The van der Waals surface area contributed by atoms with Gasteiger partial charge in [0.2, 0.25) is 5.91 Å². The molecule has 2 fully saturated rings. The van der Waals surface area contributed by atoms with E-state index in [1.807, 2.05) is 46.9 Å². The van der Waals surface area contributed by atoms with E-state index in [4.69, 9.17) is 12.2 Å². The number of aromatic nitrogens is 1. The van der Waals surface area contributed by atoms with E-state index >= 15 is 0 Å². The van der Waals surface area contributed by atoms with Crippen LogP contribution in [0.3, 0.4) is 0 Å². The molecule has 1 N–H and O–H groups in total. The van der Waals surface area contributed by atoms with Crippen molar-refractivity contribution >= 4 is 62.1 Å². The summed E-state index contributed by atoms with van der Waals surface area (Å²) in [5, 5.41) is 4.41. The minimum Gasteiger partial charge on any atom is -0.341 e. The first kappa shape index (κ1) is 21.1. The molecule has 4 rings (SSSR count). The van der Waals surface area contributed by atoms with Crippen molar-refractivity contribution < 1.29 is 9.59 Å². The number of nitrogens with zero attached hydrogens (tertiary/aromatic N) is 3. The lowest BCUT2D eigenvalue weighted by Gasteiger charge is -2.30. The third-order valence-electron chi connectivity index (χ3n) is 5.89. The third kappa shape index (κ3) is 4.03. The highest BCUT2D eigenvalue weighted by atomic mass is 79.9. The Balaban J connectivity index is 1.66. The molecule has 1 aromatic carbocycles. The van der Waals surface area contributed by atoms with E-state index in [0.717, 1.165) is 46.9 Å². The predicted molar refractivity (Wildman–Crippen MR) is 126 cm³/mol. The summed E-state index contributed by atoms with van der Waals surface area (Å²) < 4.78 is 2.92. The van der Waals surface area contributed by atoms with Crippen LogP contribution in [-0.4, -0.2) is 50.9 Å². The molecule has 2 saturated heterocycles. The molecular formula is C22H25BrN4O2S. The van der Waals surface area contributed by atoms with E-state index in [0.29, 0.717) is 23.3 Å². The van der Waals surface area contributed by atoms with Crippen LogP contribution in [0.1, 0.15) is 32.3 Å². The Labute approximate surface area is 190 Å². The quantitative estimate of drug-likeness (QED) is 0.525. The molecule has 2 aliphatic heterocycles. The summed E-state index contributed by atoms with van der Waals surface area (Å²) in [5.41, 5.74) is 2.30. The van der Waals surface area contributed by atoms with Crippen molar-refractivity contribution in [1.82, 2.24) is 19.7 Å². The van der Waals surface area contributed by atoms with Crippen LogP contribution in [0.4, 0.5) is 0 Å². The van der Waals surface area contributed by atoms with Crippen LogP contribution in [0, 0.1) is 5.92 Å². The molecule has 8 heteroatoms. The van der Waals surface area contributed by atoms with Crippen molar-refractivity contribution in [2.75, 3.05) is 19.6 Å². The van der Waals surface area contributed by atoms with E-state index in [2.05, 4.69) is 28.2 Å². The summed E-state index contributed by atoms with van der Waals surface area (Å²) in [6.07, 6.45) is 5.89. The van der Waals surface area contributed by atoms with Crippen LogP contribution >= 0.6 is 28.1 Å². The van der Waals surface area contributed by atoms with Crippen LogP contribution in [0.5, 0.6) is 0 Å². The number of carbonyl (C=O) groups is 2. The molecule has 0 atom stereocenters. The Morgan fingerprint density at radius 1 is 1.33 bits per heavy atom. The SMILES string of the molecule is CCN1C(=O)/C(=C/c2cn(CC(=O)N3CCC(C)CC3)c3ccc(Br)cc23)NC1=S. The molecule has 1 aromatic heterocycles. The van der Waals surface area contributed by atoms with Gasteiger partial charge in [-0.3, -0.25) is 14.5 Å². The molecule has 6 nitrogen and oxygen atoms in total. The maximum absolute atomic E-state index is 12.9. The van der Waals surface area contributed by atoms with Crippen molar-refractivity contribution in [3.8, 4) is 0 Å². The number of piperidine rings is 1. The maximum atomic E-state index is 12.9. The zero-order chi connectivity index (χ0) is 21.4. The van der Waals surface area contributed by atoms with Crippen LogP contribution in [-0.2, 0) is 16.1 Å². The van der Waals surface area contributed by atoms with Crippen molar-refractivity contribution in [2.45, 2.75) is 33.2 Å². The number of likely N-dealkylation sites (tertiary alicyclic amines) is 1. The second kappa shape index (κ2) is 8.51. The van der Waals surface area contributed by atoms with E-state index in [1.54, 1.807) is 0 Å². The lowest BCUT2D eigenvalue weighted by Crippen LogP contribution is -2.39. The van der Waals surface area contributed by atoms with Gasteiger partial charge in [0, 0.05) is 46.8 Å². The first-order chi connectivity index (χ1) is 14.4. The van der Waals surface area contributed by atoms with Crippen LogP contribution in [0.25, 0.3) is 17.0 Å². The lowest BCUT2D eigenvalue weighted by atomic mass is 9.99. The number of carbonyl (C=O) groups excluding carboxylic acids is 2. The Morgan fingerprint density at radius 2 is 2.07 bits per heavy atom. The molecule has 2 aliphatic rings. The maximum Gasteiger partial charge on any atom is 0.276 e. The van der Waals surface area contributed by atoms with Gasteiger partial charge in [0.1, 0.15) is 12.2 Å². The number of hydrogen-bond donors (Lipinski definition) is 1. The third-order valence-corrected chi connectivity index (χ3v) is 6.71. The lowest BCUT2D eigenvalue weighted by molar-refractivity contribution is -0.133. The minimum absolute atomic E-state index is 0.128. The van der Waals surface area contributed by atoms with Crippen LogP contribution in [0.2, 0.25) is 0 Å². The molecule has 0 bridgehead atoms. The second-order valence-electron chi connectivity index (χ2n) is 7.97. The van der Waals surface area contributed by atoms with Crippen molar-refractivity contribution in [3.63, 3.8) is 0 Å². The normalized spacial score (nSPS) is 19.2. The number of benzene rings is 1. The fourth-order valence-corrected chi connectivity index (χ4v) is 4.74. The number of hydrogen-bond acceptors (Lipinski definition) is 3. The Kier molecular flexibility index (Phi) is 5.97. The number of nitrogens with one attached hydrogen (secondary N) is 1. The van der Waals surface area contributed by atoms with Crippen molar-refractivity contribution in [3.05, 3.63) is 40.1 Å². The molecule has 3 heterocycles. The summed E-state index contributed by atoms with van der Waals surface area (Å²) in [7, 11) is 0. The van der Waals surface area contributed by atoms with E-state index in [-0.39, 0.29) is 18.4 Å². The van der Waals surface area contributed by atoms with Gasteiger partial charge < -0.3 is 14.8 Å². The first-order valence-electron chi connectivity index (χ1n) is 10.3.